The van der Waals surface area contributed by atoms with Gasteiger partial charge >= 0.3 is 5.69 Å². The molecule has 0 aliphatic carbocycles. The number of hydrogen-bond acceptors (Lipinski definition) is 3. The van der Waals surface area contributed by atoms with Crippen LogP contribution in [0.4, 0.5) is 0 Å². The van der Waals surface area contributed by atoms with Gasteiger partial charge in [0.05, 0.1) is 10.7 Å². The molecule has 1 heterocycles. The molecule has 5 nitrogen and oxygen atoms in total. The van der Waals surface area contributed by atoms with E-state index in [2.05, 4.69) is 10.1 Å². The number of hydrogen-bond donors (Lipinski definition) is 1. The van der Waals surface area contributed by atoms with Crippen molar-refractivity contribution in [1.29, 1.82) is 0 Å². The van der Waals surface area contributed by atoms with Crippen molar-refractivity contribution in [2.24, 2.45) is 0 Å². The Kier molecular flexibility index (Phi) is 2.80. The number of benzene rings is 1. The van der Waals surface area contributed by atoms with Gasteiger partial charge in [-0.3, -0.25) is 9.78 Å². The summed E-state index contributed by atoms with van der Waals surface area (Å²) in [5, 5.41) is 4.39. The summed E-state index contributed by atoms with van der Waals surface area (Å²) in [7, 11) is 0. The number of aromatic nitrogens is 3. The van der Waals surface area contributed by atoms with E-state index in [1.165, 1.54) is 12.1 Å². The Morgan fingerprint density at radius 2 is 2.00 bits per heavy atom. The van der Waals surface area contributed by atoms with E-state index in [-0.39, 0.29) is 5.02 Å². The summed E-state index contributed by atoms with van der Waals surface area (Å²) in [6.07, 6.45) is 0.992. The Balaban J connectivity index is 2.68. The molecular formula is C9H5Cl2N3O2. The van der Waals surface area contributed by atoms with Crippen LogP contribution in [0.1, 0.15) is 0 Å². The molecule has 0 unspecified atom stereocenters. The zero-order valence-electron chi connectivity index (χ0n) is 7.78. The first-order valence-corrected chi connectivity index (χ1v) is 4.97. The van der Waals surface area contributed by atoms with E-state index in [9.17, 15) is 9.59 Å². The van der Waals surface area contributed by atoms with E-state index < -0.39 is 11.2 Å². The zero-order chi connectivity index (χ0) is 11.7. The third-order valence-corrected chi connectivity index (χ3v) is 2.39. The van der Waals surface area contributed by atoms with Crippen molar-refractivity contribution >= 4 is 23.2 Å². The van der Waals surface area contributed by atoms with Gasteiger partial charge in [-0.1, -0.05) is 23.2 Å². The van der Waals surface area contributed by atoms with Crippen LogP contribution in [-0.2, 0) is 0 Å². The fraction of sp³-hybridized carbons (Fsp3) is 0. The van der Waals surface area contributed by atoms with Gasteiger partial charge in [0.2, 0.25) is 0 Å². The summed E-state index contributed by atoms with van der Waals surface area (Å²) in [5.41, 5.74) is -0.865. The monoisotopic (exact) mass is 257 g/mol. The number of nitrogens with zero attached hydrogens (tertiary/aromatic N) is 2. The van der Waals surface area contributed by atoms with Crippen LogP contribution in [0.2, 0.25) is 10.0 Å². The molecule has 2 rings (SSSR count). The van der Waals surface area contributed by atoms with E-state index in [1.807, 2.05) is 0 Å². The number of halogens is 2. The van der Waals surface area contributed by atoms with Crippen LogP contribution in [0, 0.1) is 0 Å². The molecule has 2 aromatic rings. The second kappa shape index (κ2) is 4.11. The van der Waals surface area contributed by atoms with Gasteiger partial charge in [-0.15, -0.1) is 0 Å². The highest BCUT2D eigenvalue weighted by Crippen LogP contribution is 2.22. The smallest absolute Gasteiger partial charge is 0.271 e. The maximum atomic E-state index is 11.4. The standard InChI is InChI=1S/C9H5Cl2N3O2/c10-5-1-2-7(6(11)3-5)14-9(16)13-8(15)4-12-14/h1-4H,(H,13,15,16). The fourth-order valence-electron chi connectivity index (χ4n) is 1.18. The molecule has 0 spiro atoms. The van der Waals surface area contributed by atoms with Gasteiger partial charge in [0, 0.05) is 5.02 Å². The van der Waals surface area contributed by atoms with Crippen molar-refractivity contribution in [2.45, 2.75) is 0 Å². The van der Waals surface area contributed by atoms with Gasteiger partial charge in [-0.25, -0.2) is 4.79 Å². The van der Waals surface area contributed by atoms with E-state index in [1.54, 1.807) is 6.07 Å². The summed E-state index contributed by atoms with van der Waals surface area (Å²) in [6.45, 7) is 0. The lowest BCUT2D eigenvalue weighted by atomic mass is 10.3. The van der Waals surface area contributed by atoms with Crippen LogP contribution in [0.15, 0.2) is 34.0 Å². The molecule has 0 saturated heterocycles. The topological polar surface area (TPSA) is 67.8 Å². The summed E-state index contributed by atoms with van der Waals surface area (Å²) in [6, 6.07) is 4.59. The molecule has 0 atom stereocenters. The number of aromatic amines is 1. The van der Waals surface area contributed by atoms with Gasteiger partial charge in [0.25, 0.3) is 5.56 Å². The SMILES string of the molecule is O=c1cnn(-c2ccc(Cl)cc2Cl)c(=O)[nH]1. The van der Waals surface area contributed by atoms with Crippen molar-refractivity contribution < 1.29 is 0 Å². The molecule has 0 fully saturated rings. The first-order valence-electron chi connectivity index (χ1n) is 4.22. The molecule has 16 heavy (non-hydrogen) atoms. The molecule has 0 amide bonds. The van der Waals surface area contributed by atoms with Gasteiger partial charge in [-0.05, 0) is 18.2 Å². The first-order chi connectivity index (χ1) is 7.58. The molecular weight excluding hydrogens is 253 g/mol. The number of rotatable bonds is 1. The van der Waals surface area contributed by atoms with Gasteiger partial charge in [0.1, 0.15) is 6.20 Å². The van der Waals surface area contributed by atoms with Crippen molar-refractivity contribution in [2.75, 3.05) is 0 Å². The largest absolute Gasteiger partial charge is 0.349 e. The minimum absolute atomic E-state index is 0.272. The van der Waals surface area contributed by atoms with Gasteiger partial charge in [-0.2, -0.15) is 9.78 Å². The average molecular weight is 258 g/mol. The number of nitrogens with one attached hydrogen (secondary N) is 1. The Labute approximate surface area is 99.3 Å². The second-order valence-corrected chi connectivity index (χ2v) is 3.79. The molecule has 0 bridgehead atoms. The normalized spacial score (nSPS) is 10.4. The van der Waals surface area contributed by atoms with E-state index in [4.69, 9.17) is 23.2 Å². The Bertz CT molecular complexity index is 648. The molecule has 0 aliphatic rings. The van der Waals surface area contributed by atoms with E-state index >= 15 is 0 Å². The van der Waals surface area contributed by atoms with Crippen LogP contribution in [0.3, 0.4) is 0 Å². The molecule has 1 aromatic carbocycles. The maximum Gasteiger partial charge on any atom is 0.349 e. The molecule has 0 radical (unpaired) electrons. The molecule has 82 valence electrons. The molecule has 0 aliphatic heterocycles. The lowest BCUT2D eigenvalue weighted by Gasteiger charge is -2.05. The maximum absolute atomic E-state index is 11.4. The van der Waals surface area contributed by atoms with Crippen molar-refractivity contribution in [3.8, 4) is 5.69 Å². The quantitative estimate of drug-likeness (QED) is 0.836. The fourth-order valence-corrected chi connectivity index (χ4v) is 1.67. The molecule has 7 heteroatoms. The predicted molar refractivity (Wildman–Crippen MR) is 60.5 cm³/mol. The predicted octanol–water partition coefficient (Wildman–Crippen LogP) is 1.23. The van der Waals surface area contributed by atoms with Crippen molar-refractivity contribution in [1.82, 2.24) is 14.8 Å². The lowest BCUT2D eigenvalue weighted by molar-refractivity contribution is 0.750. The zero-order valence-corrected chi connectivity index (χ0v) is 9.29. The highest BCUT2D eigenvalue weighted by Gasteiger charge is 2.06. The highest BCUT2D eigenvalue weighted by atomic mass is 35.5. The van der Waals surface area contributed by atoms with Gasteiger partial charge in [0.15, 0.2) is 0 Å². The van der Waals surface area contributed by atoms with Crippen LogP contribution in [-0.4, -0.2) is 14.8 Å². The lowest BCUT2D eigenvalue weighted by Crippen LogP contribution is -2.30. The summed E-state index contributed by atoms with van der Waals surface area (Å²) >= 11 is 11.6. The Morgan fingerprint density at radius 3 is 2.62 bits per heavy atom. The van der Waals surface area contributed by atoms with E-state index in [0.717, 1.165) is 10.9 Å². The highest BCUT2D eigenvalue weighted by molar-refractivity contribution is 6.35. The van der Waals surface area contributed by atoms with Crippen LogP contribution >= 0.6 is 23.2 Å². The van der Waals surface area contributed by atoms with Crippen LogP contribution in [0.5, 0.6) is 0 Å². The van der Waals surface area contributed by atoms with Crippen LogP contribution in [0.25, 0.3) is 5.69 Å². The van der Waals surface area contributed by atoms with Crippen molar-refractivity contribution in [3.63, 3.8) is 0 Å². The van der Waals surface area contributed by atoms with Crippen molar-refractivity contribution in [3.05, 3.63) is 55.3 Å². The van der Waals surface area contributed by atoms with Crippen LogP contribution < -0.4 is 11.2 Å². The minimum Gasteiger partial charge on any atom is -0.271 e. The molecule has 0 saturated carbocycles. The number of H-pyrrole nitrogens is 1. The third kappa shape index (κ3) is 2.00. The van der Waals surface area contributed by atoms with Gasteiger partial charge < -0.3 is 0 Å². The summed E-state index contributed by atoms with van der Waals surface area (Å²) in [5.74, 6) is 0. The average Bonchev–Trinajstić information content (AvgIpc) is 2.19. The molecule has 1 aromatic heterocycles. The first kappa shape index (κ1) is 10.9. The van der Waals surface area contributed by atoms with E-state index in [0.29, 0.717) is 10.7 Å². The summed E-state index contributed by atoms with van der Waals surface area (Å²) in [4.78, 5) is 24.3. The second-order valence-electron chi connectivity index (χ2n) is 2.95. The summed E-state index contributed by atoms with van der Waals surface area (Å²) < 4.78 is 0.986. The Morgan fingerprint density at radius 1 is 1.25 bits per heavy atom. The minimum atomic E-state index is -0.656. The molecule has 1 N–H and O–H groups in total. The Hall–Kier alpha value is -1.59. The third-order valence-electron chi connectivity index (χ3n) is 1.85.